The summed E-state index contributed by atoms with van der Waals surface area (Å²) in [5, 5.41) is -0.239. The summed E-state index contributed by atoms with van der Waals surface area (Å²) in [5.41, 5.74) is -0.973. The van der Waals surface area contributed by atoms with Gasteiger partial charge in [-0.25, -0.2) is 21.6 Å². The van der Waals surface area contributed by atoms with Crippen molar-refractivity contribution in [2.45, 2.75) is 41.8 Å². The van der Waals surface area contributed by atoms with E-state index in [9.17, 15) is 30.0 Å². The number of benzene rings is 2. The molecule has 1 heterocycles. The Morgan fingerprint density at radius 3 is 2.13 bits per heavy atom. The monoisotopic (exact) mass is 496 g/mol. The van der Waals surface area contributed by atoms with Gasteiger partial charge in [0.15, 0.2) is 0 Å². The van der Waals surface area contributed by atoms with Crippen LogP contribution >= 0.6 is 11.6 Å². The molecule has 12 heteroatoms. The molecule has 2 aromatic carbocycles. The fraction of sp³-hybridized carbons (Fsp3) is 0.368. The van der Waals surface area contributed by atoms with Gasteiger partial charge in [-0.3, -0.25) is 0 Å². The van der Waals surface area contributed by atoms with Crippen LogP contribution in [-0.2, 0) is 32.8 Å². The number of sulfonamides is 2. The summed E-state index contributed by atoms with van der Waals surface area (Å²) in [4.78, 5) is -0.855. The van der Waals surface area contributed by atoms with Crippen molar-refractivity contribution in [3.8, 4) is 0 Å². The molecule has 0 aliphatic carbocycles. The van der Waals surface area contributed by atoms with E-state index in [2.05, 4.69) is 4.72 Å². The number of halogens is 4. The second-order valence-corrected chi connectivity index (χ2v) is 11.2. The Kier molecular flexibility index (Phi) is 7.02. The second-order valence-electron chi connectivity index (χ2n) is 7.07. The number of rotatable bonds is 6. The highest BCUT2D eigenvalue weighted by Gasteiger charge is 2.37. The molecular weight excluding hydrogens is 477 g/mol. The zero-order valence-electron chi connectivity index (χ0n) is 16.2. The van der Waals surface area contributed by atoms with Gasteiger partial charge in [-0.2, -0.15) is 17.5 Å². The predicted octanol–water partition coefficient (Wildman–Crippen LogP) is 4.01. The van der Waals surface area contributed by atoms with E-state index in [1.807, 2.05) is 0 Å². The lowest BCUT2D eigenvalue weighted by molar-refractivity contribution is -0.139. The standard InChI is InChI=1S/C19H20ClF3N2O4S2/c20-15-6-9-18(17(12-15)19(21,22)23)30(26,27)24-13-14-4-7-16(8-5-14)31(28,29)25-10-2-1-3-11-25/h4-9,12,24H,1-3,10-11,13H2. The zero-order chi connectivity index (χ0) is 22.9. The molecule has 1 aliphatic rings. The van der Waals surface area contributed by atoms with Crippen LogP contribution in [0, 0.1) is 0 Å². The molecule has 6 nitrogen and oxygen atoms in total. The molecule has 1 N–H and O–H groups in total. The summed E-state index contributed by atoms with van der Waals surface area (Å²) < 4.78 is 93.4. The Balaban J connectivity index is 1.76. The topological polar surface area (TPSA) is 83.5 Å². The Labute approximate surface area is 184 Å². The SMILES string of the molecule is O=S(=O)(NCc1ccc(S(=O)(=O)N2CCCCC2)cc1)c1ccc(Cl)cc1C(F)(F)F. The van der Waals surface area contributed by atoms with Crippen LogP contribution in [0.25, 0.3) is 0 Å². The van der Waals surface area contributed by atoms with Crippen LogP contribution in [0.3, 0.4) is 0 Å². The van der Waals surface area contributed by atoms with Gasteiger partial charge in [0.2, 0.25) is 20.0 Å². The van der Waals surface area contributed by atoms with Gasteiger partial charge in [-0.15, -0.1) is 0 Å². The predicted molar refractivity (Wildman–Crippen MR) is 110 cm³/mol. The normalized spacial score (nSPS) is 16.4. The lowest BCUT2D eigenvalue weighted by Crippen LogP contribution is -2.35. The van der Waals surface area contributed by atoms with Gasteiger partial charge in [-0.05, 0) is 48.7 Å². The maximum absolute atomic E-state index is 13.2. The number of nitrogens with one attached hydrogen (secondary N) is 1. The summed E-state index contributed by atoms with van der Waals surface area (Å²) in [7, 11) is -8.13. The molecule has 1 fully saturated rings. The highest BCUT2D eigenvalue weighted by molar-refractivity contribution is 7.89. The molecule has 1 aliphatic heterocycles. The van der Waals surface area contributed by atoms with E-state index in [1.54, 1.807) is 0 Å². The Bertz CT molecular complexity index is 1150. The molecule has 0 bridgehead atoms. The van der Waals surface area contributed by atoms with Crippen LogP contribution in [0.4, 0.5) is 13.2 Å². The van der Waals surface area contributed by atoms with Crippen molar-refractivity contribution in [1.82, 2.24) is 9.03 Å². The molecule has 0 atom stereocenters. The molecule has 0 radical (unpaired) electrons. The fourth-order valence-electron chi connectivity index (χ4n) is 3.25. The smallest absolute Gasteiger partial charge is 0.207 e. The molecule has 0 saturated carbocycles. The van der Waals surface area contributed by atoms with Crippen LogP contribution < -0.4 is 4.72 Å². The first-order chi connectivity index (χ1) is 14.4. The lowest BCUT2D eigenvalue weighted by Gasteiger charge is -2.25. The minimum absolute atomic E-state index is 0.0815. The van der Waals surface area contributed by atoms with Crippen molar-refractivity contribution in [2.24, 2.45) is 0 Å². The van der Waals surface area contributed by atoms with Crippen LogP contribution in [0.2, 0.25) is 5.02 Å². The van der Waals surface area contributed by atoms with Crippen molar-refractivity contribution in [3.05, 3.63) is 58.6 Å². The third-order valence-corrected chi connectivity index (χ3v) is 8.49. The van der Waals surface area contributed by atoms with Crippen molar-refractivity contribution < 1.29 is 30.0 Å². The molecule has 170 valence electrons. The van der Waals surface area contributed by atoms with E-state index in [4.69, 9.17) is 11.6 Å². The number of nitrogens with zero attached hydrogens (tertiary/aromatic N) is 1. The van der Waals surface area contributed by atoms with E-state index in [0.29, 0.717) is 24.7 Å². The van der Waals surface area contributed by atoms with Crippen molar-refractivity contribution >= 4 is 31.6 Å². The minimum atomic E-state index is -4.90. The average Bonchev–Trinajstić information content (AvgIpc) is 2.72. The quantitative estimate of drug-likeness (QED) is 0.655. The first-order valence-corrected chi connectivity index (χ1v) is 12.7. The third-order valence-electron chi connectivity index (χ3n) is 4.88. The van der Waals surface area contributed by atoms with Crippen molar-refractivity contribution in [2.75, 3.05) is 13.1 Å². The van der Waals surface area contributed by atoms with E-state index >= 15 is 0 Å². The highest BCUT2D eigenvalue weighted by Crippen LogP contribution is 2.35. The van der Waals surface area contributed by atoms with Gasteiger partial charge < -0.3 is 0 Å². The number of alkyl halides is 3. The van der Waals surface area contributed by atoms with Gasteiger partial charge in [0, 0.05) is 24.7 Å². The fourth-order valence-corrected chi connectivity index (χ4v) is 6.16. The average molecular weight is 497 g/mol. The van der Waals surface area contributed by atoms with Gasteiger partial charge in [0.1, 0.15) is 0 Å². The first kappa shape index (κ1) is 24.0. The van der Waals surface area contributed by atoms with Crippen LogP contribution in [0.5, 0.6) is 0 Å². The summed E-state index contributed by atoms with van der Waals surface area (Å²) >= 11 is 5.59. The van der Waals surface area contributed by atoms with Gasteiger partial charge in [0.05, 0.1) is 15.4 Å². The maximum Gasteiger partial charge on any atom is 0.417 e. The molecule has 0 unspecified atom stereocenters. The van der Waals surface area contributed by atoms with E-state index in [0.717, 1.165) is 31.4 Å². The highest BCUT2D eigenvalue weighted by atomic mass is 35.5. The molecular formula is C19H20ClF3N2O4S2. The molecule has 1 saturated heterocycles. The number of piperidine rings is 1. The maximum atomic E-state index is 13.2. The Morgan fingerprint density at radius 1 is 0.935 bits per heavy atom. The Hall–Kier alpha value is -1.66. The second kappa shape index (κ2) is 9.07. The zero-order valence-corrected chi connectivity index (χ0v) is 18.6. The molecule has 2 aromatic rings. The first-order valence-electron chi connectivity index (χ1n) is 9.37. The summed E-state index contributed by atoms with van der Waals surface area (Å²) in [6.07, 6.45) is -2.33. The summed E-state index contributed by atoms with van der Waals surface area (Å²) in [6.45, 7) is 0.589. The van der Waals surface area contributed by atoms with Gasteiger partial charge in [-0.1, -0.05) is 30.2 Å². The van der Waals surface area contributed by atoms with E-state index in [1.165, 1.54) is 28.6 Å². The van der Waals surface area contributed by atoms with E-state index in [-0.39, 0.29) is 16.5 Å². The molecule has 31 heavy (non-hydrogen) atoms. The Morgan fingerprint density at radius 2 is 1.55 bits per heavy atom. The van der Waals surface area contributed by atoms with Crippen molar-refractivity contribution in [3.63, 3.8) is 0 Å². The van der Waals surface area contributed by atoms with Gasteiger partial charge >= 0.3 is 6.18 Å². The van der Waals surface area contributed by atoms with Crippen LogP contribution in [0.1, 0.15) is 30.4 Å². The third kappa shape index (κ3) is 5.58. The summed E-state index contributed by atoms with van der Waals surface area (Å²) in [5.74, 6) is 0. The van der Waals surface area contributed by atoms with Crippen molar-refractivity contribution in [1.29, 1.82) is 0 Å². The van der Waals surface area contributed by atoms with Crippen LogP contribution in [-0.4, -0.2) is 34.2 Å². The lowest BCUT2D eigenvalue weighted by atomic mass is 10.2. The molecule has 0 amide bonds. The molecule has 0 aromatic heterocycles. The summed E-state index contributed by atoms with van der Waals surface area (Å²) in [6, 6.07) is 7.97. The van der Waals surface area contributed by atoms with Gasteiger partial charge in [0.25, 0.3) is 0 Å². The molecule has 3 rings (SSSR count). The number of hydrogen-bond acceptors (Lipinski definition) is 4. The molecule has 0 spiro atoms. The largest absolute Gasteiger partial charge is 0.417 e. The van der Waals surface area contributed by atoms with E-state index < -0.39 is 36.7 Å². The van der Waals surface area contributed by atoms with Crippen LogP contribution in [0.15, 0.2) is 52.3 Å². The minimum Gasteiger partial charge on any atom is -0.207 e. The number of hydrogen-bond donors (Lipinski definition) is 1.